The first kappa shape index (κ1) is 9.09. The lowest BCUT2D eigenvalue weighted by Crippen LogP contribution is -2.10. The normalized spacial score (nSPS) is 28.2. The molecule has 0 aliphatic heterocycles. The van der Waals surface area contributed by atoms with E-state index in [2.05, 4.69) is 17.1 Å². The van der Waals surface area contributed by atoms with E-state index in [0.717, 1.165) is 35.7 Å². The first-order valence-corrected chi connectivity index (χ1v) is 5.63. The van der Waals surface area contributed by atoms with Crippen LogP contribution in [0, 0.1) is 0 Å². The second-order valence-electron chi connectivity index (χ2n) is 3.49. The quantitative estimate of drug-likeness (QED) is 0.787. The molecule has 72 valence electrons. The smallest absolute Gasteiger partial charge is 0.123 e. The molecule has 1 aromatic heterocycles. The van der Waals surface area contributed by atoms with Crippen LogP contribution in [0.2, 0.25) is 0 Å². The average molecular weight is 198 g/mol. The van der Waals surface area contributed by atoms with Crippen LogP contribution in [-0.2, 0) is 6.42 Å². The second-order valence-corrected chi connectivity index (χ2v) is 4.59. The summed E-state index contributed by atoms with van der Waals surface area (Å²) >= 11 is 1.65. The van der Waals surface area contributed by atoms with Crippen LogP contribution in [0.3, 0.4) is 0 Å². The zero-order valence-electron chi connectivity index (χ0n) is 7.73. The van der Waals surface area contributed by atoms with E-state index in [1.807, 2.05) is 0 Å². The Balaban J connectivity index is 2.15. The van der Waals surface area contributed by atoms with E-state index >= 15 is 0 Å². The second kappa shape index (κ2) is 3.72. The van der Waals surface area contributed by atoms with Crippen LogP contribution in [0.15, 0.2) is 0 Å². The fourth-order valence-corrected chi connectivity index (χ4v) is 2.76. The Morgan fingerprint density at radius 2 is 2.31 bits per heavy atom. The monoisotopic (exact) mass is 198 g/mol. The number of hydrogen-bond acceptors (Lipinski definition) is 4. The minimum absolute atomic E-state index is 0.183. The molecule has 13 heavy (non-hydrogen) atoms. The standard InChI is InChI=1S/C9H14N2OS/c1-2-8-10-11-9(13-8)6-4-3-5-7(6)12/h6-7,12H,2-5H2,1H3. The van der Waals surface area contributed by atoms with Crippen LogP contribution in [0.4, 0.5) is 0 Å². The van der Waals surface area contributed by atoms with Gasteiger partial charge in [0.25, 0.3) is 0 Å². The summed E-state index contributed by atoms with van der Waals surface area (Å²) in [5.74, 6) is 0.262. The zero-order chi connectivity index (χ0) is 9.26. The van der Waals surface area contributed by atoms with Gasteiger partial charge in [-0.25, -0.2) is 0 Å². The summed E-state index contributed by atoms with van der Waals surface area (Å²) in [4.78, 5) is 0. The predicted molar refractivity (Wildman–Crippen MR) is 51.9 cm³/mol. The number of aliphatic hydroxyl groups excluding tert-OH is 1. The summed E-state index contributed by atoms with van der Waals surface area (Å²) in [7, 11) is 0. The third-order valence-electron chi connectivity index (χ3n) is 2.58. The van der Waals surface area contributed by atoms with Gasteiger partial charge >= 0.3 is 0 Å². The average Bonchev–Trinajstić information content (AvgIpc) is 2.71. The van der Waals surface area contributed by atoms with Crippen LogP contribution >= 0.6 is 11.3 Å². The van der Waals surface area contributed by atoms with Gasteiger partial charge in [0, 0.05) is 5.92 Å². The van der Waals surface area contributed by atoms with E-state index in [0.29, 0.717) is 0 Å². The van der Waals surface area contributed by atoms with Crippen LogP contribution in [0.25, 0.3) is 0 Å². The minimum Gasteiger partial charge on any atom is -0.392 e. The fourth-order valence-electron chi connectivity index (χ4n) is 1.79. The van der Waals surface area contributed by atoms with Crippen molar-refractivity contribution >= 4 is 11.3 Å². The summed E-state index contributed by atoms with van der Waals surface area (Å²) in [6.45, 7) is 2.08. The van der Waals surface area contributed by atoms with Gasteiger partial charge in [-0.1, -0.05) is 13.3 Å². The highest BCUT2D eigenvalue weighted by molar-refractivity contribution is 7.11. The molecule has 0 aromatic carbocycles. The highest BCUT2D eigenvalue weighted by Gasteiger charge is 2.29. The largest absolute Gasteiger partial charge is 0.392 e. The Labute approximate surface area is 81.8 Å². The predicted octanol–water partition coefficient (Wildman–Crippen LogP) is 1.73. The SMILES string of the molecule is CCc1nnc(C2CCCC2O)s1. The summed E-state index contributed by atoms with van der Waals surface area (Å²) in [6.07, 6.45) is 3.87. The van der Waals surface area contributed by atoms with E-state index in [4.69, 9.17) is 0 Å². The fraction of sp³-hybridized carbons (Fsp3) is 0.778. The van der Waals surface area contributed by atoms with Crippen LogP contribution < -0.4 is 0 Å². The Morgan fingerprint density at radius 1 is 1.46 bits per heavy atom. The van der Waals surface area contributed by atoms with Gasteiger partial charge in [0.15, 0.2) is 0 Å². The molecule has 3 nitrogen and oxygen atoms in total. The molecule has 2 rings (SSSR count). The van der Waals surface area contributed by atoms with E-state index in [1.54, 1.807) is 11.3 Å². The molecule has 1 fully saturated rings. The number of hydrogen-bond donors (Lipinski definition) is 1. The minimum atomic E-state index is -0.183. The van der Waals surface area contributed by atoms with Crippen LogP contribution in [0.1, 0.15) is 42.1 Å². The maximum atomic E-state index is 9.66. The molecule has 4 heteroatoms. The van der Waals surface area contributed by atoms with Crippen LogP contribution in [-0.4, -0.2) is 21.4 Å². The molecule has 0 radical (unpaired) electrons. The van der Waals surface area contributed by atoms with Crippen molar-refractivity contribution in [3.05, 3.63) is 10.0 Å². The Kier molecular flexibility index (Phi) is 2.60. The van der Waals surface area contributed by atoms with Gasteiger partial charge in [-0.2, -0.15) is 0 Å². The zero-order valence-corrected chi connectivity index (χ0v) is 8.55. The van der Waals surface area contributed by atoms with Gasteiger partial charge in [-0.15, -0.1) is 21.5 Å². The van der Waals surface area contributed by atoms with Crippen molar-refractivity contribution in [2.75, 3.05) is 0 Å². The maximum Gasteiger partial charge on any atom is 0.123 e. The summed E-state index contributed by atoms with van der Waals surface area (Å²) in [5.41, 5.74) is 0. The van der Waals surface area contributed by atoms with Gasteiger partial charge in [-0.05, 0) is 19.3 Å². The maximum absolute atomic E-state index is 9.66. The lowest BCUT2D eigenvalue weighted by molar-refractivity contribution is 0.163. The molecule has 2 atom stereocenters. The Hall–Kier alpha value is -0.480. The van der Waals surface area contributed by atoms with E-state index in [9.17, 15) is 5.11 Å². The highest BCUT2D eigenvalue weighted by Crippen LogP contribution is 2.35. The van der Waals surface area contributed by atoms with Crippen molar-refractivity contribution < 1.29 is 5.11 Å². The lowest BCUT2D eigenvalue weighted by atomic mass is 10.1. The van der Waals surface area contributed by atoms with Crippen LogP contribution in [0.5, 0.6) is 0 Å². The molecule has 1 aliphatic rings. The number of aromatic nitrogens is 2. The van der Waals surface area contributed by atoms with E-state index in [-0.39, 0.29) is 12.0 Å². The molecule has 0 amide bonds. The number of nitrogens with zero attached hydrogens (tertiary/aromatic N) is 2. The molecule has 0 saturated heterocycles. The molecule has 0 spiro atoms. The van der Waals surface area contributed by atoms with Crippen molar-refractivity contribution in [1.29, 1.82) is 0 Å². The molecule has 0 bridgehead atoms. The van der Waals surface area contributed by atoms with Crippen molar-refractivity contribution in [3.63, 3.8) is 0 Å². The first-order valence-electron chi connectivity index (χ1n) is 4.81. The first-order chi connectivity index (χ1) is 6.31. The Bertz CT molecular complexity index is 287. The van der Waals surface area contributed by atoms with E-state index in [1.165, 1.54) is 0 Å². The molecule has 1 aromatic rings. The summed E-state index contributed by atoms with van der Waals surface area (Å²) < 4.78 is 0. The number of aliphatic hydroxyl groups is 1. The Morgan fingerprint density at radius 3 is 2.85 bits per heavy atom. The molecule has 1 N–H and O–H groups in total. The van der Waals surface area contributed by atoms with Crippen molar-refractivity contribution in [2.24, 2.45) is 0 Å². The van der Waals surface area contributed by atoms with Crippen molar-refractivity contribution in [3.8, 4) is 0 Å². The topological polar surface area (TPSA) is 46.0 Å². The molecular formula is C9H14N2OS. The highest BCUT2D eigenvalue weighted by atomic mass is 32.1. The molecule has 1 heterocycles. The summed E-state index contributed by atoms with van der Waals surface area (Å²) in [6, 6.07) is 0. The van der Waals surface area contributed by atoms with Crippen molar-refractivity contribution in [1.82, 2.24) is 10.2 Å². The van der Waals surface area contributed by atoms with Gasteiger partial charge in [0.05, 0.1) is 6.10 Å². The van der Waals surface area contributed by atoms with Crippen molar-refractivity contribution in [2.45, 2.75) is 44.6 Å². The van der Waals surface area contributed by atoms with Gasteiger partial charge in [-0.3, -0.25) is 0 Å². The molecule has 1 aliphatic carbocycles. The molecule has 1 saturated carbocycles. The van der Waals surface area contributed by atoms with Gasteiger partial charge in [0.1, 0.15) is 10.0 Å². The lowest BCUT2D eigenvalue weighted by Gasteiger charge is -2.08. The molecular weight excluding hydrogens is 184 g/mol. The van der Waals surface area contributed by atoms with E-state index < -0.39 is 0 Å². The van der Waals surface area contributed by atoms with Gasteiger partial charge < -0.3 is 5.11 Å². The van der Waals surface area contributed by atoms with Gasteiger partial charge in [0.2, 0.25) is 0 Å². The third kappa shape index (κ3) is 1.74. The number of aryl methyl sites for hydroxylation is 1. The molecule has 2 unspecified atom stereocenters. The summed E-state index contributed by atoms with van der Waals surface area (Å²) in [5, 5.41) is 20.0. The number of rotatable bonds is 2. The third-order valence-corrected chi connectivity index (χ3v) is 3.78.